The first-order valence-electron chi connectivity index (χ1n) is 15.1. The second kappa shape index (κ2) is 10.3. The van der Waals surface area contributed by atoms with E-state index in [4.69, 9.17) is 9.97 Å². The molecule has 4 aromatic carbocycles. The lowest BCUT2D eigenvalue weighted by molar-refractivity contribution is 1.07. The zero-order valence-corrected chi connectivity index (χ0v) is 24.3. The van der Waals surface area contributed by atoms with Gasteiger partial charge < -0.3 is 0 Å². The van der Waals surface area contributed by atoms with Crippen molar-refractivity contribution in [3.63, 3.8) is 0 Å². The molecule has 0 atom stereocenters. The smallest absolute Gasteiger partial charge is 0.265 e. The van der Waals surface area contributed by atoms with Crippen LogP contribution in [0.4, 0.5) is 0 Å². The molecule has 0 bridgehead atoms. The molecule has 0 unspecified atom stereocenters. The van der Waals surface area contributed by atoms with Crippen LogP contribution in [0.15, 0.2) is 158 Å². The summed E-state index contributed by atoms with van der Waals surface area (Å²) in [6.45, 7) is -0.0861. The number of hydrogen-bond donors (Lipinski definition) is 0. The number of aromatic nitrogens is 5. The normalized spacial score (nSPS) is 11.6. The maximum Gasteiger partial charge on any atom is 0.265 e. The van der Waals surface area contributed by atoms with E-state index in [1.54, 1.807) is 0 Å². The van der Waals surface area contributed by atoms with E-state index < -0.39 is 0 Å². The Morgan fingerprint density at radius 1 is 0.444 bits per heavy atom. The Hall–Kier alpha value is -6.01. The van der Waals surface area contributed by atoms with E-state index in [0.29, 0.717) is 0 Å². The summed E-state index contributed by atoms with van der Waals surface area (Å²) in [5.41, 5.74) is 7.75. The van der Waals surface area contributed by atoms with Crippen LogP contribution >= 0.6 is 0 Å². The molecule has 5 heterocycles. The minimum Gasteiger partial charge on any atom is -0.294 e. The van der Waals surface area contributed by atoms with Crippen LogP contribution in [0.2, 0.25) is 0 Å². The third kappa shape index (κ3) is 4.07. The molecule has 0 amide bonds. The molecule has 0 saturated heterocycles. The number of fused-ring (bicyclic) bond motifs is 6. The summed E-state index contributed by atoms with van der Waals surface area (Å²) in [4.78, 5) is 14.6. The van der Waals surface area contributed by atoms with Gasteiger partial charge in [-0.1, -0.05) is 102 Å². The lowest BCUT2D eigenvalue weighted by Crippen LogP contribution is -2.53. The lowest BCUT2D eigenvalue weighted by Gasteiger charge is -2.17. The highest BCUT2D eigenvalue weighted by Gasteiger charge is 2.26. The van der Waals surface area contributed by atoms with Gasteiger partial charge >= 0.3 is 0 Å². The van der Waals surface area contributed by atoms with Crippen LogP contribution in [-0.4, -0.2) is 30.8 Å². The zero-order chi connectivity index (χ0) is 29.7. The van der Waals surface area contributed by atoms with E-state index in [0.717, 1.165) is 50.1 Å². The first kappa shape index (κ1) is 25.5. The molecule has 6 heteroatoms. The molecule has 0 saturated carbocycles. The second-order valence-corrected chi connectivity index (χ2v) is 11.3. The van der Waals surface area contributed by atoms with Gasteiger partial charge in [0.2, 0.25) is 0 Å². The fourth-order valence-electron chi connectivity index (χ4n) is 6.87. The largest absolute Gasteiger partial charge is 0.294 e. The second-order valence-electron chi connectivity index (χ2n) is 11.3. The van der Waals surface area contributed by atoms with Gasteiger partial charge in [-0.2, -0.15) is 0 Å². The summed E-state index contributed by atoms with van der Waals surface area (Å²) >= 11 is 0. The van der Waals surface area contributed by atoms with Crippen molar-refractivity contribution in [2.24, 2.45) is 0 Å². The molecule has 9 aromatic rings. The molecular weight excluding hydrogens is 549 g/mol. The molecule has 0 radical (unpaired) electrons. The van der Waals surface area contributed by atoms with Crippen LogP contribution in [0.3, 0.4) is 0 Å². The van der Waals surface area contributed by atoms with E-state index in [-0.39, 0.29) is 6.71 Å². The topological polar surface area (TPSA) is 48.5 Å². The highest BCUT2D eigenvalue weighted by atomic mass is 15.1. The Bertz CT molecular complexity index is 2450. The number of pyridine rings is 3. The van der Waals surface area contributed by atoms with Crippen LogP contribution in [0.25, 0.3) is 55.2 Å². The van der Waals surface area contributed by atoms with Crippen LogP contribution in [0.5, 0.6) is 0 Å². The van der Waals surface area contributed by atoms with Gasteiger partial charge in [-0.3, -0.25) is 14.1 Å². The van der Waals surface area contributed by atoms with E-state index in [2.05, 4.69) is 135 Å². The van der Waals surface area contributed by atoms with Gasteiger partial charge in [-0.15, -0.1) is 0 Å². The fraction of sp³-hybridized carbons (Fsp3) is 0. The van der Waals surface area contributed by atoms with Gasteiger partial charge in [0, 0.05) is 39.5 Å². The first-order valence-corrected chi connectivity index (χ1v) is 15.1. The molecule has 5 aromatic heterocycles. The molecule has 0 aliphatic heterocycles. The van der Waals surface area contributed by atoms with Gasteiger partial charge in [0.1, 0.15) is 11.6 Å². The number of hydrogen-bond acceptors (Lipinski definition) is 3. The van der Waals surface area contributed by atoms with Crippen molar-refractivity contribution in [2.45, 2.75) is 0 Å². The van der Waals surface area contributed by atoms with Crippen LogP contribution < -0.4 is 16.5 Å². The number of benzene rings is 4. The van der Waals surface area contributed by atoms with Crippen molar-refractivity contribution in [3.05, 3.63) is 158 Å². The van der Waals surface area contributed by atoms with Crippen LogP contribution in [0, 0.1) is 0 Å². The summed E-state index contributed by atoms with van der Waals surface area (Å²) in [5, 5.41) is 4.77. The van der Waals surface area contributed by atoms with E-state index in [9.17, 15) is 0 Å². The fourth-order valence-corrected chi connectivity index (χ4v) is 6.87. The van der Waals surface area contributed by atoms with Crippen LogP contribution in [-0.2, 0) is 0 Å². The molecule has 0 aliphatic carbocycles. The highest BCUT2D eigenvalue weighted by Crippen LogP contribution is 2.32. The van der Waals surface area contributed by atoms with Gasteiger partial charge in [-0.05, 0) is 48.5 Å². The quantitative estimate of drug-likeness (QED) is 0.218. The van der Waals surface area contributed by atoms with Gasteiger partial charge in [-0.25, -0.2) is 9.97 Å². The molecular formula is C39H26BN5. The standard InChI is InChI=1S/C39H26BN5/c1-2-11-27(12-3-1)40(28-20-21-31-32-22-24-41-26-36(32)45(35(31)25-28)38-18-8-9-23-42-38)37-17-10-19-39(43-37)44-33-15-6-4-13-29(33)30-14-5-7-16-34(30)44/h1-26H. The zero-order valence-electron chi connectivity index (χ0n) is 24.3. The molecule has 5 nitrogen and oxygen atoms in total. The molecule has 0 fully saturated rings. The Morgan fingerprint density at radius 2 is 1.11 bits per heavy atom. The van der Waals surface area contributed by atoms with Crippen molar-refractivity contribution in [2.75, 3.05) is 0 Å². The average molecular weight is 575 g/mol. The summed E-state index contributed by atoms with van der Waals surface area (Å²) in [5.74, 6) is 1.77. The van der Waals surface area contributed by atoms with Gasteiger partial charge in [0.25, 0.3) is 6.71 Å². The van der Waals surface area contributed by atoms with Crippen molar-refractivity contribution in [1.29, 1.82) is 0 Å². The minimum absolute atomic E-state index is 0.0861. The SMILES string of the molecule is c1ccc(B(c2ccc3c4ccncc4n(-c4ccccn4)c3c2)c2cccc(-n3c4ccccc4c4ccccc43)n2)cc1. The maximum atomic E-state index is 5.41. The van der Waals surface area contributed by atoms with Crippen molar-refractivity contribution in [3.8, 4) is 11.6 Å². The van der Waals surface area contributed by atoms with E-state index >= 15 is 0 Å². The number of nitrogens with zero attached hydrogens (tertiary/aromatic N) is 5. The molecule has 45 heavy (non-hydrogen) atoms. The Balaban J connectivity index is 1.28. The Labute approximate surface area is 260 Å². The Morgan fingerprint density at radius 3 is 1.89 bits per heavy atom. The third-order valence-electron chi connectivity index (χ3n) is 8.80. The summed E-state index contributed by atoms with van der Waals surface area (Å²) in [6.07, 6.45) is 5.62. The molecule has 0 N–H and O–H groups in total. The summed E-state index contributed by atoms with van der Waals surface area (Å²) < 4.78 is 4.50. The number of rotatable bonds is 5. The summed E-state index contributed by atoms with van der Waals surface area (Å²) in [7, 11) is 0. The predicted molar refractivity (Wildman–Crippen MR) is 186 cm³/mol. The number of para-hydroxylation sites is 2. The first-order chi connectivity index (χ1) is 22.3. The van der Waals surface area contributed by atoms with Gasteiger partial charge in [0.15, 0.2) is 0 Å². The molecule has 9 rings (SSSR count). The third-order valence-corrected chi connectivity index (χ3v) is 8.80. The predicted octanol–water partition coefficient (Wildman–Crippen LogP) is 6.58. The average Bonchev–Trinajstić information content (AvgIpc) is 3.62. The van der Waals surface area contributed by atoms with Crippen molar-refractivity contribution >= 4 is 66.8 Å². The molecule has 210 valence electrons. The van der Waals surface area contributed by atoms with Gasteiger partial charge in [0.05, 0.1) is 28.3 Å². The van der Waals surface area contributed by atoms with Crippen molar-refractivity contribution < 1.29 is 0 Å². The maximum absolute atomic E-state index is 5.41. The Kier molecular flexibility index (Phi) is 5.84. The lowest BCUT2D eigenvalue weighted by atomic mass is 9.38. The monoisotopic (exact) mass is 575 g/mol. The van der Waals surface area contributed by atoms with E-state index in [1.807, 2.05) is 36.8 Å². The van der Waals surface area contributed by atoms with E-state index in [1.165, 1.54) is 21.6 Å². The summed E-state index contributed by atoms with van der Waals surface area (Å²) in [6, 6.07) is 49.1. The minimum atomic E-state index is -0.0861. The molecule has 0 spiro atoms. The van der Waals surface area contributed by atoms with Crippen molar-refractivity contribution in [1.82, 2.24) is 24.1 Å². The van der Waals surface area contributed by atoms with Crippen LogP contribution in [0.1, 0.15) is 0 Å². The molecule has 0 aliphatic rings. The highest BCUT2D eigenvalue weighted by molar-refractivity contribution is 6.95.